The second-order valence-corrected chi connectivity index (χ2v) is 7.51. The van der Waals surface area contributed by atoms with Crippen LogP contribution in [0.4, 0.5) is 11.4 Å². The van der Waals surface area contributed by atoms with Gasteiger partial charge in [-0.1, -0.05) is 42.5 Å². The fourth-order valence-electron chi connectivity index (χ4n) is 2.62. The number of rotatable bonds is 7. The lowest BCUT2D eigenvalue weighted by Crippen LogP contribution is -2.14. The highest BCUT2D eigenvalue weighted by Gasteiger charge is 2.05. The Hall–Kier alpha value is -3.31. The summed E-state index contributed by atoms with van der Waals surface area (Å²) in [6, 6.07) is 24.8. The van der Waals surface area contributed by atoms with Gasteiger partial charge in [-0.25, -0.2) is 0 Å². The molecule has 0 aliphatic carbocycles. The minimum absolute atomic E-state index is 0.0518. The van der Waals surface area contributed by atoms with Crippen molar-refractivity contribution in [1.82, 2.24) is 0 Å². The van der Waals surface area contributed by atoms with E-state index in [1.165, 1.54) is 17.8 Å². The van der Waals surface area contributed by atoms with Gasteiger partial charge >= 0.3 is 0 Å². The Bertz CT molecular complexity index is 999. The molecule has 0 spiro atoms. The lowest BCUT2D eigenvalue weighted by atomic mass is 10.2. The summed E-state index contributed by atoms with van der Waals surface area (Å²) in [4.78, 5) is 25.1. The molecule has 146 valence electrons. The Morgan fingerprint density at radius 2 is 1.62 bits per heavy atom. The summed E-state index contributed by atoms with van der Waals surface area (Å²) < 4.78 is 0. The standard InChI is InChI=1S/C24H22N2O2S/c1-18-6-5-9-21(16-18)26-24(28)17-29-22-13-11-20(12-14-22)25-23(27)15-10-19-7-3-2-4-8-19/h2-16H,17H2,1H3,(H,25,27)(H,26,28)/b15-10+. The van der Waals surface area contributed by atoms with Crippen molar-refractivity contribution in [2.75, 3.05) is 16.4 Å². The van der Waals surface area contributed by atoms with Crippen LogP contribution in [0.3, 0.4) is 0 Å². The Morgan fingerprint density at radius 1 is 0.862 bits per heavy atom. The molecule has 0 aliphatic rings. The van der Waals surface area contributed by atoms with Crippen LogP contribution in [-0.2, 0) is 9.59 Å². The maximum atomic E-state index is 12.1. The molecular formula is C24H22N2O2S. The van der Waals surface area contributed by atoms with Crippen LogP contribution in [0.15, 0.2) is 89.8 Å². The van der Waals surface area contributed by atoms with E-state index < -0.39 is 0 Å². The van der Waals surface area contributed by atoms with Gasteiger partial charge in [0.2, 0.25) is 11.8 Å². The van der Waals surface area contributed by atoms with Crippen molar-refractivity contribution in [3.05, 3.63) is 96.1 Å². The molecule has 2 amide bonds. The second kappa shape index (κ2) is 10.3. The Balaban J connectivity index is 1.46. The van der Waals surface area contributed by atoms with Crippen LogP contribution in [0.25, 0.3) is 6.08 Å². The van der Waals surface area contributed by atoms with Crippen LogP contribution in [0, 0.1) is 6.92 Å². The van der Waals surface area contributed by atoms with Gasteiger partial charge in [0.25, 0.3) is 0 Å². The Kier molecular flexibility index (Phi) is 7.25. The largest absolute Gasteiger partial charge is 0.325 e. The van der Waals surface area contributed by atoms with Gasteiger partial charge < -0.3 is 10.6 Å². The average molecular weight is 403 g/mol. The molecule has 0 aromatic heterocycles. The molecule has 3 aromatic carbocycles. The van der Waals surface area contributed by atoms with Crippen molar-refractivity contribution in [2.45, 2.75) is 11.8 Å². The van der Waals surface area contributed by atoms with Gasteiger partial charge in [0, 0.05) is 22.3 Å². The van der Waals surface area contributed by atoms with Gasteiger partial charge in [0.1, 0.15) is 0 Å². The topological polar surface area (TPSA) is 58.2 Å². The average Bonchev–Trinajstić information content (AvgIpc) is 2.72. The van der Waals surface area contributed by atoms with Crippen molar-refractivity contribution < 1.29 is 9.59 Å². The predicted molar refractivity (Wildman–Crippen MR) is 121 cm³/mol. The number of carbonyl (C=O) groups excluding carboxylic acids is 2. The SMILES string of the molecule is Cc1cccc(NC(=O)CSc2ccc(NC(=O)/C=C/c3ccccc3)cc2)c1. The van der Waals surface area contributed by atoms with Gasteiger partial charge in [0.05, 0.1) is 5.75 Å². The summed E-state index contributed by atoms with van der Waals surface area (Å²) in [6.07, 6.45) is 3.28. The van der Waals surface area contributed by atoms with Crippen LogP contribution in [-0.4, -0.2) is 17.6 Å². The molecule has 0 atom stereocenters. The minimum Gasteiger partial charge on any atom is -0.325 e. The molecule has 0 saturated carbocycles. The summed E-state index contributed by atoms with van der Waals surface area (Å²) in [5, 5.41) is 5.72. The monoisotopic (exact) mass is 402 g/mol. The number of thioether (sulfide) groups is 1. The van der Waals surface area contributed by atoms with Crippen molar-refractivity contribution in [2.24, 2.45) is 0 Å². The number of hydrogen-bond donors (Lipinski definition) is 2. The fraction of sp³-hybridized carbons (Fsp3) is 0.0833. The molecule has 0 saturated heterocycles. The first-order valence-corrected chi connectivity index (χ1v) is 10.2. The first-order valence-electron chi connectivity index (χ1n) is 9.22. The molecule has 0 aliphatic heterocycles. The van der Waals surface area contributed by atoms with Gasteiger partial charge in [-0.15, -0.1) is 11.8 Å². The van der Waals surface area contributed by atoms with Crippen LogP contribution >= 0.6 is 11.8 Å². The Morgan fingerprint density at radius 3 is 2.34 bits per heavy atom. The molecule has 0 fully saturated rings. The summed E-state index contributed by atoms with van der Waals surface area (Å²) in [5.74, 6) is 0.0789. The molecule has 4 nitrogen and oxygen atoms in total. The zero-order chi connectivity index (χ0) is 20.5. The number of hydrogen-bond acceptors (Lipinski definition) is 3. The van der Waals surface area contributed by atoms with E-state index in [4.69, 9.17) is 0 Å². The third-order valence-corrected chi connectivity index (χ3v) is 5.03. The van der Waals surface area contributed by atoms with E-state index in [-0.39, 0.29) is 11.8 Å². The molecule has 2 N–H and O–H groups in total. The predicted octanol–water partition coefficient (Wildman–Crippen LogP) is 5.38. The lowest BCUT2D eigenvalue weighted by Gasteiger charge is -2.07. The molecular weight excluding hydrogens is 380 g/mol. The number of carbonyl (C=O) groups is 2. The maximum Gasteiger partial charge on any atom is 0.248 e. The van der Waals surface area contributed by atoms with Crippen molar-refractivity contribution in [1.29, 1.82) is 0 Å². The number of benzene rings is 3. The molecule has 0 heterocycles. The van der Waals surface area contributed by atoms with Crippen molar-refractivity contribution in [3.8, 4) is 0 Å². The van der Waals surface area contributed by atoms with E-state index in [9.17, 15) is 9.59 Å². The first-order chi connectivity index (χ1) is 14.1. The summed E-state index contributed by atoms with van der Waals surface area (Å²) in [5.41, 5.74) is 3.59. The molecule has 0 bridgehead atoms. The molecule has 3 rings (SSSR count). The quantitative estimate of drug-likeness (QED) is 0.412. The van der Waals surface area contributed by atoms with Crippen molar-refractivity contribution >= 4 is 41.0 Å². The van der Waals surface area contributed by atoms with E-state index >= 15 is 0 Å². The number of aryl methyl sites for hydroxylation is 1. The summed E-state index contributed by atoms with van der Waals surface area (Å²) in [6.45, 7) is 1.99. The summed E-state index contributed by atoms with van der Waals surface area (Å²) >= 11 is 1.45. The van der Waals surface area contributed by atoms with Crippen LogP contribution in [0.5, 0.6) is 0 Å². The first kappa shape index (κ1) is 20.4. The summed E-state index contributed by atoms with van der Waals surface area (Å²) in [7, 11) is 0. The van der Waals surface area contributed by atoms with Crippen molar-refractivity contribution in [3.63, 3.8) is 0 Å². The Labute approximate surface area is 175 Å². The highest BCUT2D eigenvalue weighted by molar-refractivity contribution is 8.00. The maximum absolute atomic E-state index is 12.1. The number of anilines is 2. The number of amides is 2. The second-order valence-electron chi connectivity index (χ2n) is 6.46. The van der Waals surface area contributed by atoms with E-state index in [0.29, 0.717) is 11.4 Å². The smallest absolute Gasteiger partial charge is 0.248 e. The van der Waals surface area contributed by atoms with E-state index in [1.54, 1.807) is 6.08 Å². The van der Waals surface area contributed by atoms with Crippen LogP contribution in [0.1, 0.15) is 11.1 Å². The minimum atomic E-state index is -0.188. The normalized spacial score (nSPS) is 10.7. The highest BCUT2D eigenvalue weighted by atomic mass is 32.2. The number of nitrogens with one attached hydrogen (secondary N) is 2. The molecule has 5 heteroatoms. The van der Waals surface area contributed by atoms with Gasteiger partial charge in [-0.05, 0) is 60.5 Å². The third kappa shape index (κ3) is 6.97. The van der Waals surface area contributed by atoms with Gasteiger partial charge in [-0.3, -0.25) is 9.59 Å². The highest BCUT2D eigenvalue weighted by Crippen LogP contribution is 2.21. The molecule has 0 radical (unpaired) electrons. The molecule has 3 aromatic rings. The van der Waals surface area contributed by atoms with Gasteiger partial charge in [0.15, 0.2) is 0 Å². The van der Waals surface area contributed by atoms with E-state index in [1.807, 2.05) is 85.8 Å². The molecule has 0 unspecified atom stereocenters. The van der Waals surface area contributed by atoms with Crippen LogP contribution in [0.2, 0.25) is 0 Å². The molecule has 29 heavy (non-hydrogen) atoms. The lowest BCUT2D eigenvalue weighted by molar-refractivity contribution is -0.114. The third-order valence-electron chi connectivity index (χ3n) is 4.02. The van der Waals surface area contributed by atoms with Gasteiger partial charge in [-0.2, -0.15) is 0 Å². The van der Waals surface area contributed by atoms with E-state index in [2.05, 4.69) is 10.6 Å². The fourth-order valence-corrected chi connectivity index (χ4v) is 3.32. The zero-order valence-corrected chi connectivity index (χ0v) is 16.9. The van der Waals surface area contributed by atoms with Crippen LogP contribution < -0.4 is 10.6 Å². The van der Waals surface area contributed by atoms with E-state index in [0.717, 1.165) is 21.7 Å². The zero-order valence-electron chi connectivity index (χ0n) is 16.1.